The average molecular weight is 305 g/mol. The highest BCUT2D eigenvalue weighted by molar-refractivity contribution is 5.79. The zero-order valence-electron chi connectivity index (χ0n) is 11.6. The van der Waals surface area contributed by atoms with Crippen LogP contribution >= 0.6 is 0 Å². The van der Waals surface area contributed by atoms with Crippen molar-refractivity contribution in [3.63, 3.8) is 0 Å². The first-order valence-corrected chi connectivity index (χ1v) is 6.82. The molecule has 0 saturated carbocycles. The lowest BCUT2D eigenvalue weighted by atomic mass is 10.1. The highest BCUT2D eigenvalue weighted by atomic mass is 19.4. The molecule has 0 bridgehead atoms. The van der Waals surface area contributed by atoms with Gasteiger partial charge in [-0.15, -0.1) is 0 Å². The Bertz CT molecular complexity index is 791. The number of fused-ring (bicyclic) bond motifs is 1. The number of nitrogens with zero attached hydrogens (tertiary/aromatic N) is 2. The molecule has 0 spiro atoms. The standard InChI is InChI=1S/C16H14F3N3/c17-16(18,19)15-21-13-10-12(20)6-7-14(13)22(15)9-8-11-4-2-1-3-5-11/h1-7,10H,8-9,20H2. The van der Waals surface area contributed by atoms with Crippen LogP contribution in [0.15, 0.2) is 48.5 Å². The summed E-state index contributed by atoms with van der Waals surface area (Å²) in [6.07, 6.45) is -4.00. The molecular weight excluding hydrogens is 291 g/mol. The molecule has 0 amide bonds. The number of hydrogen-bond donors (Lipinski definition) is 1. The highest BCUT2D eigenvalue weighted by Crippen LogP contribution is 2.32. The van der Waals surface area contributed by atoms with Gasteiger partial charge >= 0.3 is 6.18 Å². The Hall–Kier alpha value is -2.50. The molecule has 0 aliphatic heterocycles. The number of nitrogen functional groups attached to an aromatic ring is 1. The fraction of sp³-hybridized carbons (Fsp3) is 0.188. The van der Waals surface area contributed by atoms with Crippen LogP contribution in [0.5, 0.6) is 0 Å². The minimum atomic E-state index is -4.50. The molecule has 0 unspecified atom stereocenters. The Labute approximate surface area is 125 Å². The van der Waals surface area contributed by atoms with E-state index in [4.69, 9.17) is 5.73 Å². The van der Waals surface area contributed by atoms with Crippen molar-refractivity contribution in [1.29, 1.82) is 0 Å². The van der Waals surface area contributed by atoms with Crippen LogP contribution in [0.3, 0.4) is 0 Å². The summed E-state index contributed by atoms with van der Waals surface area (Å²) in [4.78, 5) is 3.72. The normalized spacial score (nSPS) is 12.0. The van der Waals surface area contributed by atoms with Gasteiger partial charge in [0.15, 0.2) is 0 Å². The summed E-state index contributed by atoms with van der Waals surface area (Å²) in [6.45, 7) is 0.208. The molecule has 0 aliphatic rings. The third-order valence-electron chi connectivity index (χ3n) is 3.49. The Morgan fingerprint density at radius 3 is 2.45 bits per heavy atom. The van der Waals surface area contributed by atoms with Gasteiger partial charge in [0.05, 0.1) is 11.0 Å². The lowest BCUT2D eigenvalue weighted by Crippen LogP contribution is -2.16. The molecule has 6 heteroatoms. The summed E-state index contributed by atoms with van der Waals surface area (Å²) < 4.78 is 40.8. The SMILES string of the molecule is Nc1ccc2c(c1)nc(C(F)(F)F)n2CCc1ccccc1. The van der Waals surface area contributed by atoms with Crippen LogP contribution in [-0.4, -0.2) is 9.55 Å². The fourth-order valence-corrected chi connectivity index (χ4v) is 2.48. The number of aryl methyl sites for hydroxylation is 2. The number of alkyl halides is 3. The summed E-state index contributed by atoms with van der Waals surface area (Å²) in [6, 6.07) is 14.0. The van der Waals surface area contributed by atoms with Gasteiger partial charge in [0, 0.05) is 12.2 Å². The molecule has 3 nitrogen and oxygen atoms in total. The maximum atomic E-state index is 13.2. The summed E-state index contributed by atoms with van der Waals surface area (Å²) in [5, 5.41) is 0. The van der Waals surface area contributed by atoms with Crippen LogP contribution in [0.1, 0.15) is 11.4 Å². The van der Waals surface area contributed by atoms with E-state index in [1.807, 2.05) is 30.3 Å². The van der Waals surface area contributed by atoms with E-state index in [-0.39, 0.29) is 12.1 Å². The molecule has 22 heavy (non-hydrogen) atoms. The Balaban J connectivity index is 2.02. The number of rotatable bonds is 3. The zero-order valence-corrected chi connectivity index (χ0v) is 11.6. The molecule has 0 saturated heterocycles. The molecule has 0 fully saturated rings. The third-order valence-corrected chi connectivity index (χ3v) is 3.49. The first-order chi connectivity index (χ1) is 10.4. The minimum Gasteiger partial charge on any atom is -0.399 e. The van der Waals surface area contributed by atoms with Gasteiger partial charge in [-0.05, 0) is 30.2 Å². The zero-order chi connectivity index (χ0) is 15.7. The van der Waals surface area contributed by atoms with Crippen molar-refractivity contribution in [2.75, 3.05) is 5.73 Å². The number of halogens is 3. The second-order valence-electron chi connectivity index (χ2n) is 5.07. The highest BCUT2D eigenvalue weighted by Gasteiger charge is 2.37. The first-order valence-electron chi connectivity index (χ1n) is 6.82. The number of benzene rings is 2. The van der Waals surface area contributed by atoms with Gasteiger partial charge in [-0.2, -0.15) is 13.2 Å². The maximum Gasteiger partial charge on any atom is 0.449 e. The molecule has 3 rings (SSSR count). The number of nitrogens with two attached hydrogens (primary N) is 1. The van der Waals surface area contributed by atoms with Gasteiger partial charge in [-0.1, -0.05) is 30.3 Å². The Kier molecular flexibility index (Phi) is 3.52. The van der Waals surface area contributed by atoms with Crippen LogP contribution in [0.25, 0.3) is 11.0 Å². The third kappa shape index (κ3) is 2.77. The largest absolute Gasteiger partial charge is 0.449 e. The predicted molar refractivity (Wildman–Crippen MR) is 79.3 cm³/mol. The Morgan fingerprint density at radius 1 is 1.05 bits per heavy atom. The minimum absolute atomic E-state index is 0.208. The molecule has 1 aromatic heterocycles. The summed E-state index contributed by atoms with van der Waals surface area (Å²) in [7, 11) is 0. The van der Waals surface area contributed by atoms with Crippen LogP contribution < -0.4 is 5.73 Å². The topological polar surface area (TPSA) is 43.8 Å². The van der Waals surface area contributed by atoms with Crippen molar-refractivity contribution in [1.82, 2.24) is 9.55 Å². The van der Waals surface area contributed by atoms with Crippen molar-refractivity contribution in [3.05, 3.63) is 59.9 Å². The van der Waals surface area contributed by atoms with Crippen molar-refractivity contribution < 1.29 is 13.2 Å². The van der Waals surface area contributed by atoms with E-state index in [0.29, 0.717) is 17.6 Å². The molecule has 1 heterocycles. The van der Waals surface area contributed by atoms with Gasteiger partial charge in [0.25, 0.3) is 0 Å². The van der Waals surface area contributed by atoms with Gasteiger partial charge < -0.3 is 10.3 Å². The molecule has 114 valence electrons. The van der Waals surface area contributed by atoms with Gasteiger partial charge in [-0.25, -0.2) is 4.98 Å². The van der Waals surface area contributed by atoms with Crippen molar-refractivity contribution in [3.8, 4) is 0 Å². The smallest absolute Gasteiger partial charge is 0.399 e. The van der Waals surface area contributed by atoms with E-state index in [0.717, 1.165) is 5.56 Å². The van der Waals surface area contributed by atoms with E-state index >= 15 is 0 Å². The van der Waals surface area contributed by atoms with Crippen LogP contribution in [0, 0.1) is 0 Å². The van der Waals surface area contributed by atoms with Crippen molar-refractivity contribution in [2.45, 2.75) is 19.1 Å². The van der Waals surface area contributed by atoms with E-state index in [1.54, 1.807) is 12.1 Å². The van der Waals surface area contributed by atoms with Crippen LogP contribution in [0.2, 0.25) is 0 Å². The predicted octanol–water partition coefficient (Wildman–Crippen LogP) is 3.88. The summed E-state index contributed by atoms with van der Waals surface area (Å²) in [5.41, 5.74) is 7.71. The fourth-order valence-electron chi connectivity index (χ4n) is 2.48. The van der Waals surface area contributed by atoms with E-state index in [1.165, 1.54) is 10.6 Å². The number of hydrogen-bond acceptors (Lipinski definition) is 2. The van der Waals surface area contributed by atoms with E-state index < -0.39 is 12.0 Å². The van der Waals surface area contributed by atoms with Gasteiger partial charge in [-0.3, -0.25) is 0 Å². The summed E-state index contributed by atoms with van der Waals surface area (Å²) >= 11 is 0. The number of imidazole rings is 1. The lowest BCUT2D eigenvalue weighted by molar-refractivity contribution is -0.146. The second-order valence-corrected chi connectivity index (χ2v) is 5.07. The first kappa shape index (κ1) is 14.4. The number of anilines is 1. The number of aromatic nitrogens is 2. The van der Waals surface area contributed by atoms with E-state index in [9.17, 15) is 13.2 Å². The summed E-state index contributed by atoms with van der Waals surface area (Å²) in [5.74, 6) is -0.885. The van der Waals surface area contributed by atoms with Gasteiger partial charge in [0.1, 0.15) is 0 Å². The molecule has 0 atom stereocenters. The van der Waals surface area contributed by atoms with Crippen molar-refractivity contribution >= 4 is 16.7 Å². The molecular formula is C16H14F3N3. The molecule has 0 radical (unpaired) electrons. The lowest BCUT2D eigenvalue weighted by Gasteiger charge is -2.11. The quantitative estimate of drug-likeness (QED) is 0.746. The molecule has 3 aromatic rings. The maximum absolute atomic E-state index is 13.2. The van der Waals surface area contributed by atoms with Crippen LogP contribution in [-0.2, 0) is 19.1 Å². The molecule has 2 N–H and O–H groups in total. The van der Waals surface area contributed by atoms with Crippen molar-refractivity contribution in [2.24, 2.45) is 0 Å². The second kappa shape index (κ2) is 5.36. The molecule has 0 aliphatic carbocycles. The van der Waals surface area contributed by atoms with Gasteiger partial charge in [0.2, 0.25) is 5.82 Å². The molecule has 2 aromatic carbocycles. The van der Waals surface area contributed by atoms with E-state index in [2.05, 4.69) is 4.98 Å². The average Bonchev–Trinajstić information content (AvgIpc) is 2.84. The van der Waals surface area contributed by atoms with Crippen LogP contribution in [0.4, 0.5) is 18.9 Å². The Morgan fingerprint density at radius 2 is 1.77 bits per heavy atom. The monoisotopic (exact) mass is 305 g/mol.